The Morgan fingerprint density at radius 2 is 2.13 bits per heavy atom. The second-order valence-corrected chi connectivity index (χ2v) is 8.54. The Morgan fingerprint density at radius 3 is 2.74 bits per heavy atom. The van der Waals surface area contributed by atoms with Gasteiger partial charge in [0.1, 0.15) is 6.04 Å². The number of nitrogens with zero attached hydrogens (tertiary/aromatic N) is 3. The summed E-state index contributed by atoms with van der Waals surface area (Å²) in [7, 11) is -1.65. The predicted octanol–water partition coefficient (Wildman–Crippen LogP) is 0.881. The molecule has 128 valence electrons. The fraction of sp³-hybridized carbons (Fsp3) is 0.733. The van der Waals surface area contributed by atoms with Crippen LogP contribution in [-0.2, 0) is 21.9 Å². The number of hydrogen-bond donors (Lipinski definition) is 1. The van der Waals surface area contributed by atoms with Crippen molar-refractivity contribution >= 4 is 21.7 Å². The van der Waals surface area contributed by atoms with Crippen LogP contribution in [0.3, 0.4) is 0 Å². The Kier molecular flexibility index (Phi) is 4.46. The smallest absolute Gasteiger partial charge is 0.246 e. The Morgan fingerprint density at radius 1 is 1.39 bits per heavy atom. The average molecular weight is 340 g/mol. The molecule has 8 heteroatoms. The lowest BCUT2D eigenvalue weighted by Crippen LogP contribution is -2.53. The van der Waals surface area contributed by atoms with E-state index in [0.29, 0.717) is 24.7 Å². The van der Waals surface area contributed by atoms with Crippen molar-refractivity contribution in [3.8, 4) is 0 Å². The van der Waals surface area contributed by atoms with Crippen molar-refractivity contribution < 1.29 is 13.2 Å². The van der Waals surface area contributed by atoms with Crippen LogP contribution in [0.4, 0.5) is 5.82 Å². The molecule has 1 saturated carbocycles. The van der Waals surface area contributed by atoms with Crippen molar-refractivity contribution in [3.63, 3.8) is 0 Å². The maximum atomic E-state index is 12.6. The molecule has 2 aliphatic rings. The van der Waals surface area contributed by atoms with E-state index in [9.17, 15) is 13.2 Å². The number of piperidine rings is 1. The molecule has 3 rings (SSSR count). The van der Waals surface area contributed by atoms with Gasteiger partial charge in [-0.05, 0) is 37.5 Å². The van der Waals surface area contributed by atoms with Gasteiger partial charge in [0.15, 0.2) is 5.82 Å². The summed E-state index contributed by atoms with van der Waals surface area (Å²) >= 11 is 0. The molecular weight excluding hydrogens is 316 g/mol. The molecule has 2 unspecified atom stereocenters. The van der Waals surface area contributed by atoms with E-state index in [4.69, 9.17) is 0 Å². The van der Waals surface area contributed by atoms with E-state index < -0.39 is 16.1 Å². The minimum absolute atomic E-state index is 0.102. The SMILES string of the molecule is CC(CS(=O)(=O)NC1CCCN(c2ccn(C)n2)C1=O)C1CC1. The Bertz CT molecular complexity index is 681. The number of aryl methyl sites for hydroxylation is 1. The molecule has 1 aromatic heterocycles. The second kappa shape index (κ2) is 6.24. The molecule has 0 aromatic carbocycles. The van der Waals surface area contributed by atoms with Crippen LogP contribution in [0.25, 0.3) is 0 Å². The van der Waals surface area contributed by atoms with Gasteiger partial charge in [-0.25, -0.2) is 13.1 Å². The summed E-state index contributed by atoms with van der Waals surface area (Å²) in [6, 6.07) is 1.09. The van der Waals surface area contributed by atoms with Crippen molar-refractivity contribution in [1.82, 2.24) is 14.5 Å². The van der Waals surface area contributed by atoms with Crippen LogP contribution in [0.1, 0.15) is 32.6 Å². The second-order valence-electron chi connectivity index (χ2n) is 6.75. The summed E-state index contributed by atoms with van der Waals surface area (Å²) in [6.07, 6.45) is 5.31. The highest BCUT2D eigenvalue weighted by molar-refractivity contribution is 7.89. The summed E-state index contributed by atoms with van der Waals surface area (Å²) in [5.74, 6) is 1.15. The number of carbonyl (C=O) groups excluding carboxylic acids is 1. The van der Waals surface area contributed by atoms with Gasteiger partial charge in [0.25, 0.3) is 0 Å². The molecule has 7 nitrogen and oxygen atoms in total. The number of amides is 1. The molecule has 2 atom stereocenters. The van der Waals surface area contributed by atoms with Gasteiger partial charge < -0.3 is 0 Å². The topological polar surface area (TPSA) is 84.3 Å². The molecule has 0 radical (unpaired) electrons. The number of nitrogens with one attached hydrogen (secondary N) is 1. The lowest BCUT2D eigenvalue weighted by molar-refractivity contribution is -0.121. The Hall–Kier alpha value is -1.41. The summed E-state index contributed by atoms with van der Waals surface area (Å²) in [5.41, 5.74) is 0. The largest absolute Gasteiger partial charge is 0.294 e. The highest BCUT2D eigenvalue weighted by Crippen LogP contribution is 2.37. The molecule has 2 heterocycles. The van der Waals surface area contributed by atoms with Gasteiger partial charge in [-0.15, -0.1) is 0 Å². The lowest BCUT2D eigenvalue weighted by atomic mass is 10.1. The maximum Gasteiger partial charge on any atom is 0.246 e. The summed E-state index contributed by atoms with van der Waals surface area (Å²) in [5, 5.41) is 4.24. The standard InChI is InChI=1S/C15H24N4O3S/c1-11(12-5-6-12)10-23(21,22)17-13-4-3-8-19(15(13)20)14-7-9-18(2)16-14/h7,9,11-13,17H,3-6,8,10H2,1-2H3. The Labute approximate surface area is 137 Å². The van der Waals surface area contributed by atoms with Crippen molar-refractivity contribution in [1.29, 1.82) is 0 Å². The van der Waals surface area contributed by atoms with E-state index in [1.165, 1.54) is 0 Å². The third-order valence-electron chi connectivity index (χ3n) is 4.65. The quantitative estimate of drug-likeness (QED) is 0.833. The fourth-order valence-electron chi connectivity index (χ4n) is 3.17. The first-order chi connectivity index (χ1) is 10.9. The number of carbonyl (C=O) groups is 1. The van der Waals surface area contributed by atoms with Crippen molar-refractivity contribution in [2.24, 2.45) is 18.9 Å². The van der Waals surface area contributed by atoms with Crippen molar-refractivity contribution in [3.05, 3.63) is 12.3 Å². The van der Waals surface area contributed by atoms with Crippen LogP contribution in [0.2, 0.25) is 0 Å². The summed E-state index contributed by atoms with van der Waals surface area (Å²) in [4.78, 5) is 14.2. The average Bonchev–Trinajstić information content (AvgIpc) is 3.23. The molecule has 0 spiro atoms. The van der Waals surface area contributed by atoms with E-state index in [0.717, 1.165) is 19.3 Å². The fourth-order valence-corrected chi connectivity index (χ4v) is 4.88. The van der Waals surface area contributed by atoms with Gasteiger partial charge in [-0.2, -0.15) is 5.10 Å². The molecule has 0 bridgehead atoms. The van der Waals surface area contributed by atoms with Crippen molar-refractivity contribution in [2.45, 2.75) is 38.6 Å². The van der Waals surface area contributed by atoms with Crippen LogP contribution < -0.4 is 9.62 Å². The number of aromatic nitrogens is 2. The van der Waals surface area contributed by atoms with Gasteiger partial charge in [-0.1, -0.05) is 6.92 Å². The van der Waals surface area contributed by atoms with Crippen LogP contribution in [0, 0.1) is 11.8 Å². The number of anilines is 1. The van der Waals surface area contributed by atoms with Crippen LogP contribution in [-0.4, -0.2) is 42.4 Å². The zero-order chi connectivity index (χ0) is 16.6. The van der Waals surface area contributed by atoms with E-state index in [2.05, 4.69) is 9.82 Å². The molecule has 1 aliphatic heterocycles. The zero-order valence-corrected chi connectivity index (χ0v) is 14.4. The van der Waals surface area contributed by atoms with Gasteiger partial charge in [0.2, 0.25) is 15.9 Å². The highest BCUT2D eigenvalue weighted by Gasteiger charge is 2.36. The van der Waals surface area contributed by atoms with Crippen LogP contribution in [0.15, 0.2) is 12.3 Å². The van der Waals surface area contributed by atoms with Crippen molar-refractivity contribution in [2.75, 3.05) is 17.2 Å². The zero-order valence-electron chi connectivity index (χ0n) is 13.6. The monoisotopic (exact) mass is 340 g/mol. The first-order valence-corrected chi connectivity index (χ1v) is 9.82. The minimum Gasteiger partial charge on any atom is -0.294 e. The normalized spacial score (nSPS) is 24.0. The van der Waals surface area contributed by atoms with Gasteiger partial charge in [-0.3, -0.25) is 14.4 Å². The molecule has 1 saturated heterocycles. The summed E-state index contributed by atoms with van der Waals surface area (Å²) < 4.78 is 28.9. The molecule has 1 aromatic rings. The lowest BCUT2D eigenvalue weighted by Gasteiger charge is -2.31. The number of hydrogen-bond acceptors (Lipinski definition) is 4. The van der Waals surface area contributed by atoms with Gasteiger partial charge >= 0.3 is 0 Å². The van der Waals surface area contributed by atoms with Crippen LogP contribution in [0.5, 0.6) is 0 Å². The Balaban J connectivity index is 1.66. The van der Waals surface area contributed by atoms with Gasteiger partial charge in [0.05, 0.1) is 5.75 Å². The molecule has 1 aliphatic carbocycles. The number of rotatable bonds is 6. The first-order valence-electron chi connectivity index (χ1n) is 8.17. The summed E-state index contributed by atoms with van der Waals surface area (Å²) in [6.45, 7) is 2.55. The number of sulfonamides is 1. The molecule has 1 amide bonds. The predicted molar refractivity (Wildman–Crippen MR) is 87.4 cm³/mol. The highest BCUT2D eigenvalue weighted by atomic mass is 32.2. The van der Waals surface area contributed by atoms with E-state index in [-0.39, 0.29) is 17.6 Å². The minimum atomic E-state index is -3.44. The van der Waals surface area contributed by atoms with Crippen LogP contribution >= 0.6 is 0 Å². The first kappa shape index (κ1) is 16.4. The molecular formula is C15H24N4O3S. The maximum absolute atomic E-state index is 12.6. The van der Waals surface area contributed by atoms with E-state index in [1.54, 1.807) is 28.9 Å². The molecule has 23 heavy (non-hydrogen) atoms. The van der Waals surface area contributed by atoms with Gasteiger partial charge in [0, 0.05) is 25.9 Å². The molecule has 2 fully saturated rings. The molecule has 1 N–H and O–H groups in total. The van der Waals surface area contributed by atoms with E-state index >= 15 is 0 Å². The third-order valence-corrected chi connectivity index (χ3v) is 6.25. The van der Waals surface area contributed by atoms with E-state index in [1.807, 2.05) is 6.92 Å². The third kappa shape index (κ3) is 3.92.